The van der Waals surface area contributed by atoms with Gasteiger partial charge in [0.25, 0.3) is 0 Å². The summed E-state index contributed by atoms with van der Waals surface area (Å²) in [6, 6.07) is 11.9. The Balaban J connectivity index is 1.29. The molecule has 5 rings (SSSR count). The van der Waals surface area contributed by atoms with Gasteiger partial charge >= 0.3 is 0 Å². The van der Waals surface area contributed by atoms with Crippen molar-refractivity contribution in [2.24, 2.45) is 0 Å². The maximum absolute atomic E-state index is 13.6. The van der Waals surface area contributed by atoms with E-state index in [2.05, 4.69) is 25.4 Å². The molecule has 1 aliphatic rings. The van der Waals surface area contributed by atoms with Gasteiger partial charge < -0.3 is 10.2 Å². The molecule has 0 saturated carbocycles. The van der Waals surface area contributed by atoms with E-state index in [0.717, 1.165) is 24.1 Å². The van der Waals surface area contributed by atoms with E-state index in [9.17, 15) is 9.18 Å². The number of nitrogens with zero attached hydrogens (tertiary/aromatic N) is 6. The third-order valence-electron chi connectivity index (χ3n) is 5.74. The maximum atomic E-state index is 13.6. The van der Waals surface area contributed by atoms with Gasteiger partial charge in [-0.3, -0.25) is 4.79 Å². The largest absolute Gasteiger partial charge is 0.350 e. The Bertz CT molecular complexity index is 1260. The Labute approximate surface area is 184 Å². The van der Waals surface area contributed by atoms with Gasteiger partial charge in [0.2, 0.25) is 11.9 Å². The molecule has 2 aromatic carbocycles. The molecule has 0 aliphatic carbocycles. The van der Waals surface area contributed by atoms with Crippen molar-refractivity contribution in [2.45, 2.75) is 32.4 Å². The number of anilines is 1. The third-order valence-corrected chi connectivity index (χ3v) is 5.74. The van der Waals surface area contributed by atoms with E-state index in [1.54, 1.807) is 17.1 Å². The van der Waals surface area contributed by atoms with Crippen LogP contribution in [0.4, 0.5) is 10.3 Å². The Morgan fingerprint density at radius 3 is 2.81 bits per heavy atom. The minimum absolute atomic E-state index is 0.0525. The van der Waals surface area contributed by atoms with Crippen LogP contribution >= 0.6 is 0 Å². The van der Waals surface area contributed by atoms with E-state index in [0.29, 0.717) is 35.6 Å². The van der Waals surface area contributed by atoms with Gasteiger partial charge in [-0.15, -0.1) is 0 Å². The first-order chi connectivity index (χ1) is 15.6. The summed E-state index contributed by atoms with van der Waals surface area (Å²) in [6.07, 6.45) is 4.74. The lowest BCUT2D eigenvalue weighted by molar-refractivity contribution is -0.122. The van der Waals surface area contributed by atoms with Crippen LogP contribution in [0.15, 0.2) is 55.1 Å². The van der Waals surface area contributed by atoms with Crippen LogP contribution in [0.25, 0.3) is 16.6 Å². The van der Waals surface area contributed by atoms with Gasteiger partial charge in [-0.1, -0.05) is 12.1 Å². The summed E-state index contributed by atoms with van der Waals surface area (Å²) in [7, 11) is 0. The lowest BCUT2D eigenvalue weighted by Gasteiger charge is -2.24. The molecule has 0 bridgehead atoms. The molecule has 2 aromatic heterocycles. The molecule has 3 heterocycles. The standard InChI is InChI=1S/C23H22FN7O/c1-15-19-11-17(24)6-9-20(19)29-23(28-15)30-10-2-3-21(30)22(32)26-12-16-4-7-18(8-5-16)31-14-25-13-27-31/h4-9,11,13-14,21H,2-3,10,12H2,1H3,(H,26,32)/t21-/m0/s1. The van der Waals surface area contributed by atoms with E-state index in [-0.39, 0.29) is 17.8 Å². The highest BCUT2D eigenvalue weighted by Crippen LogP contribution is 2.26. The molecule has 0 spiro atoms. The number of nitrogens with one attached hydrogen (secondary N) is 1. The lowest BCUT2D eigenvalue weighted by atomic mass is 10.1. The number of halogens is 1. The summed E-state index contributed by atoms with van der Waals surface area (Å²) < 4.78 is 15.3. The van der Waals surface area contributed by atoms with Gasteiger partial charge in [0.05, 0.1) is 16.9 Å². The first-order valence-electron chi connectivity index (χ1n) is 10.5. The third kappa shape index (κ3) is 3.89. The Morgan fingerprint density at radius 1 is 1.19 bits per heavy atom. The smallest absolute Gasteiger partial charge is 0.243 e. The molecular formula is C23H22FN7O. The first kappa shape index (κ1) is 20.0. The molecule has 1 atom stereocenters. The summed E-state index contributed by atoms with van der Waals surface area (Å²) in [5, 5.41) is 7.83. The van der Waals surface area contributed by atoms with Gasteiger partial charge in [-0.05, 0) is 55.7 Å². The number of amides is 1. The second kappa shape index (κ2) is 8.33. The Kier molecular flexibility index (Phi) is 5.22. The number of hydrogen-bond donors (Lipinski definition) is 1. The maximum Gasteiger partial charge on any atom is 0.243 e. The van der Waals surface area contributed by atoms with Crippen LogP contribution in [0.1, 0.15) is 24.1 Å². The second-order valence-electron chi connectivity index (χ2n) is 7.85. The fourth-order valence-corrected chi connectivity index (χ4v) is 4.06. The predicted octanol–water partition coefficient (Wildman–Crippen LogP) is 2.94. The minimum atomic E-state index is -0.332. The highest BCUT2D eigenvalue weighted by molar-refractivity contribution is 5.86. The Hall–Kier alpha value is -3.88. The summed E-state index contributed by atoms with van der Waals surface area (Å²) in [6.45, 7) is 2.97. The zero-order chi connectivity index (χ0) is 22.1. The summed E-state index contributed by atoms with van der Waals surface area (Å²) in [5.41, 5.74) is 3.27. The first-order valence-corrected chi connectivity index (χ1v) is 10.5. The van der Waals surface area contributed by atoms with Crippen molar-refractivity contribution in [3.05, 3.63) is 72.2 Å². The van der Waals surface area contributed by atoms with E-state index < -0.39 is 0 Å². The van der Waals surface area contributed by atoms with Gasteiger partial charge in [-0.25, -0.2) is 24.0 Å². The molecule has 1 fully saturated rings. The van der Waals surface area contributed by atoms with E-state index in [4.69, 9.17) is 0 Å². The van der Waals surface area contributed by atoms with Crippen molar-refractivity contribution >= 4 is 22.8 Å². The number of hydrogen-bond acceptors (Lipinski definition) is 6. The fraction of sp³-hybridized carbons (Fsp3) is 0.261. The molecule has 1 amide bonds. The van der Waals surface area contributed by atoms with Crippen LogP contribution in [0.5, 0.6) is 0 Å². The molecule has 1 N–H and O–H groups in total. The second-order valence-corrected chi connectivity index (χ2v) is 7.85. The molecule has 9 heteroatoms. The zero-order valence-corrected chi connectivity index (χ0v) is 17.6. The minimum Gasteiger partial charge on any atom is -0.350 e. The molecule has 4 aromatic rings. The summed E-state index contributed by atoms with van der Waals surface area (Å²) in [4.78, 5) is 28.0. The average molecular weight is 431 g/mol. The van der Waals surface area contributed by atoms with Crippen LogP contribution in [-0.4, -0.2) is 43.2 Å². The number of carbonyl (C=O) groups is 1. The number of fused-ring (bicyclic) bond motifs is 1. The summed E-state index contributed by atoms with van der Waals surface area (Å²) in [5.74, 6) is 0.143. The van der Waals surface area contributed by atoms with Crippen LogP contribution < -0.4 is 10.2 Å². The van der Waals surface area contributed by atoms with Crippen LogP contribution in [0.3, 0.4) is 0 Å². The van der Waals surface area contributed by atoms with Crippen LogP contribution in [-0.2, 0) is 11.3 Å². The molecule has 32 heavy (non-hydrogen) atoms. The molecule has 0 radical (unpaired) electrons. The number of benzene rings is 2. The van der Waals surface area contributed by atoms with Gasteiger partial charge in [0.15, 0.2) is 0 Å². The van der Waals surface area contributed by atoms with Crippen molar-refractivity contribution in [1.82, 2.24) is 30.0 Å². The molecule has 162 valence electrons. The van der Waals surface area contributed by atoms with Crippen molar-refractivity contribution in [3.63, 3.8) is 0 Å². The molecular weight excluding hydrogens is 409 g/mol. The SMILES string of the molecule is Cc1nc(N2CCC[C@H]2C(=O)NCc2ccc(-n3cncn3)cc2)nc2ccc(F)cc12. The zero-order valence-electron chi connectivity index (χ0n) is 17.6. The van der Waals surface area contributed by atoms with Crippen molar-refractivity contribution in [3.8, 4) is 5.69 Å². The normalized spacial score (nSPS) is 15.9. The molecule has 0 unspecified atom stereocenters. The molecule has 1 aliphatic heterocycles. The van der Waals surface area contributed by atoms with E-state index in [1.165, 1.54) is 18.5 Å². The Morgan fingerprint density at radius 2 is 2.03 bits per heavy atom. The van der Waals surface area contributed by atoms with Gasteiger partial charge in [0.1, 0.15) is 24.5 Å². The fourth-order valence-electron chi connectivity index (χ4n) is 4.06. The van der Waals surface area contributed by atoms with Crippen molar-refractivity contribution in [2.75, 3.05) is 11.4 Å². The van der Waals surface area contributed by atoms with E-state index in [1.807, 2.05) is 36.1 Å². The highest BCUT2D eigenvalue weighted by Gasteiger charge is 2.32. The number of carbonyl (C=O) groups excluding carboxylic acids is 1. The monoisotopic (exact) mass is 431 g/mol. The van der Waals surface area contributed by atoms with Crippen LogP contribution in [0, 0.1) is 12.7 Å². The van der Waals surface area contributed by atoms with E-state index >= 15 is 0 Å². The topological polar surface area (TPSA) is 88.8 Å². The lowest BCUT2D eigenvalue weighted by Crippen LogP contribution is -2.43. The van der Waals surface area contributed by atoms with Gasteiger partial charge in [-0.2, -0.15) is 5.10 Å². The van der Waals surface area contributed by atoms with Crippen molar-refractivity contribution in [1.29, 1.82) is 0 Å². The average Bonchev–Trinajstić information content (AvgIpc) is 3.51. The highest BCUT2D eigenvalue weighted by atomic mass is 19.1. The van der Waals surface area contributed by atoms with Crippen molar-refractivity contribution < 1.29 is 9.18 Å². The number of rotatable bonds is 5. The predicted molar refractivity (Wildman–Crippen MR) is 118 cm³/mol. The molecule has 8 nitrogen and oxygen atoms in total. The van der Waals surface area contributed by atoms with Crippen LogP contribution in [0.2, 0.25) is 0 Å². The number of aryl methyl sites for hydroxylation is 1. The molecule has 1 saturated heterocycles. The summed E-state index contributed by atoms with van der Waals surface area (Å²) >= 11 is 0. The number of aromatic nitrogens is 5. The quantitative estimate of drug-likeness (QED) is 0.523. The van der Waals surface area contributed by atoms with Gasteiger partial charge in [0, 0.05) is 18.5 Å².